The van der Waals surface area contributed by atoms with Gasteiger partial charge in [0.25, 0.3) is 0 Å². The third kappa shape index (κ3) is 1.26. The van der Waals surface area contributed by atoms with Crippen LogP contribution in [0.25, 0.3) is 0 Å². The average molecular weight is 180 g/mol. The summed E-state index contributed by atoms with van der Waals surface area (Å²) in [5, 5.41) is 0. The first kappa shape index (κ1) is 10.8. The van der Waals surface area contributed by atoms with Crippen molar-refractivity contribution < 1.29 is 0 Å². The molecule has 0 N–H and O–H groups in total. The fourth-order valence-corrected chi connectivity index (χ4v) is 2.93. The van der Waals surface area contributed by atoms with Gasteiger partial charge >= 0.3 is 0 Å². The largest absolute Gasteiger partial charge is 0.0882 e. The number of hydrogen-bond acceptors (Lipinski definition) is 0. The predicted molar refractivity (Wildman–Crippen MR) is 59.6 cm³/mol. The summed E-state index contributed by atoms with van der Waals surface area (Å²) < 4.78 is 0. The van der Waals surface area contributed by atoms with Crippen molar-refractivity contribution in [2.45, 2.75) is 48.0 Å². The van der Waals surface area contributed by atoms with Crippen molar-refractivity contribution in [3.8, 4) is 0 Å². The van der Waals surface area contributed by atoms with Crippen LogP contribution in [0.15, 0.2) is 12.2 Å². The Bertz CT molecular complexity index is 214. The van der Waals surface area contributed by atoms with E-state index >= 15 is 0 Å². The minimum Gasteiger partial charge on any atom is -0.0882 e. The van der Waals surface area contributed by atoms with E-state index in [1.165, 1.54) is 0 Å². The van der Waals surface area contributed by atoms with Crippen LogP contribution >= 0.6 is 0 Å². The molecule has 0 bridgehead atoms. The minimum absolute atomic E-state index is 0.456. The van der Waals surface area contributed by atoms with Crippen LogP contribution in [-0.2, 0) is 0 Å². The molecule has 0 saturated heterocycles. The van der Waals surface area contributed by atoms with Crippen LogP contribution in [-0.4, -0.2) is 0 Å². The first-order chi connectivity index (χ1) is 5.91. The maximum atomic E-state index is 2.44. The molecule has 1 fully saturated rings. The van der Waals surface area contributed by atoms with Crippen molar-refractivity contribution in [2.24, 2.45) is 22.7 Å². The van der Waals surface area contributed by atoms with Crippen molar-refractivity contribution in [1.29, 1.82) is 0 Å². The van der Waals surface area contributed by atoms with Gasteiger partial charge in [-0.2, -0.15) is 0 Å². The summed E-state index contributed by atoms with van der Waals surface area (Å²) in [6.07, 6.45) is 5.93. The van der Waals surface area contributed by atoms with Gasteiger partial charge in [-0.25, -0.2) is 0 Å². The van der Waals surface area contributed by atoms with Gasteiger partial charge in [-0.05, 0) is 29.1 Å². The van der Waals surface area contributed by atoms with Gasteiger partial charge in [0.15, 0.2) is 0 Å². The summed E-state index contributed by atoms with van der Waals surface area (Å²) >= 11 is 0. The Morgan fingerprint density at radius 1 is 1.31 bits per heavy atom. The third-order valence-electron chi connectivity index (χ3n) is 4.78. The molecule has 0 aliphatic heterocycles. The highest BCUT2D eigenvalue weighted by Crippen LogP contribution is 2.72. The van der Waals surface area contributed by atoms with E-state index < -0.39 is 0 Å². The molecule has 0 aromatic heterocycles. The Morgan fingerprint density at radius 3 is 2.15 bits per heavy atom. The first-order valence-corrected chi connectivity index (χ1v) is 5.59. The summed E-state index contributed by atoms with van der Waals surface area (Å²) in [7, 11) is 0. The van der Waals surface area contributed by atoms with E-state index in [1.54, 1.807) is 0 Å². The van der Waals surface area contributed by atoms with Gasteiger partial charge in [0.05, 0.1) is 0 Å². The second kappa shape index (κ2) is 3.15. The van der Waals surface area contributed by atoms with Gasteiger partial charge < -0.3 is 0 Å². The monoisotopic (exact) mass is 180 g/mol. The van der Waals surface area contributed by atoms with E-state index in [2.05, 4.69) is 53.7 Å². The Hall–Kier alpha value is -0.260. The number of hydrogen-bond donors (Lipinski definition) is 0. The Morgan fingerprint density at radius 2 is 1.85 bits per heavy atom. The number of allylic oxidation sites excluding steroid dienone is 2. The van der Waals surface area contributed by atoms with E-state index in [4.69, 9.17) is 0 Å². The molecule has 0 amide bonds. The number of rotatable bonds is 3. The standard InChI is InChI=1S/C13H24/c1-7-8-9-12(5)11(4)13(12,6)10(2)3/h8-11H,7H2,1-6H3. The fourth-order valence-electron chi connectivity index (χ4n) is 2.93. The normalized spacial score (nSPS) is 44.7. The Labute approximate surface area is 83.4 Å². The van der Waals surface area contributed by atoms with Gasteiger partial charge in [-0.3, -0.25) is 0 Å². The molecule has 1 aliphatic rings. The lowest BCUT2D eigenvalue weighted by atomic mass is 9.85. The predicted octanol–water partition coefficient (Wildman–Crippen LogP) is 4.27. The smallest absolute Gasteiger partial charge is 0.00563 e. The van der Waals surface area contributed by atoms with Crippen LogP contribution < -0.4 is 0 Å². The second-order valence-electron chi connectivity index (χ2n) is 5.25. The Kier molecular flexibility index (Phi) is 2.62. The molecule has 3 unspecified atom stereocenters. The molecule has 0 nitrogen and oxygen atoms in total. The van der Waals surface area contributed by atoms with Crippen LogP contribution in [0.2, 0.25) is 0 Å². The maximum absolute atomic E-state index is 2.44. The third-order valence-corrected chi connectivity index (χ3v) is 4.78. The van der Waals surface area contributed by atoms with Crippen molar-refractivity contribution in [1.82, 2.24) is 0 Å². The van der Waals surface area contributed by atoms with E-state index in [0.29, 0.717) is 10.8 Å². The summed E-state index contributed by atoms with van der Waals surface area (Å²) in [4.78, 5) is 0. The fraction of sp³-hybridized carbons (Fsp3) is 0.846. The zero-order chi connectivity index (χ0) is 10.3. The van der Waals surface area contributed by atoms with Gasteiger partial charge in [0, 0.05) is 0 Å². The van der Waals surface area contributed by atoms with E-state index in [9.17, 15) is 0 Å². The molecule has 3 atom stereocenters. The highest BCUT2D eigenvalue weighted by Gasteiger charge is 2.67. The highest BCUT2D eigenvalue weighted by molar-refractivity contribution is 5.24. The summed E-state index contributed by atoms with van der Waals surface area (Å²) in [6.45, 7) is 14.1. The molecule has 0 radical (unpaired) electrons. The highest BCUT2D eigenvalue weighted by atomic mass is 14.7. The zero-order valence-corrected chi connectivity index (χ0v) is 10.0. The van der Waals surface area contributed by atoms with Gasteiger partial charge in [-0.15, -0.1) is 0 Å². The molecule has 1 rings (SSSR count). The second-order valence-corrected chi connectivity index (χ2v) is 5.25. The summed E-state index contributed by atoms with van der Waals surface area (Å²) in [5.74, 6) is 1.62. The van der Waals surface area contributed by atoms with Crippen molar-refractivity contribution in [3.05, 3.63) is 12.2 Å². The summed E-state index contributed by atoms with van der Waals surface area (Å²) in [5.41, 5.74) is 0.982. The molecule has 0 aromatic rings. The van der Waals surface area contributed by atoms with Crippen LogP contribution in [0.4, 0.5) is 0 Å². The van der Waals surface area contributed by atoms with E-state index in [-0.39, 0.29) is 0 Å². The Balaban J connectivity index is 2.80. The van der Waals surface area contributed by atoms with Crippen LogP contribution in [0.1, 0.15) is 48.0 Å². The molecule has 0 heterocycles. The van der Waals surface area contributed by atoms with Gasteiger partial charge in [-0.1, -0.05) is 53.7 Å². The lowest BCUT2D eigenvalue weighted by Gasteiger charge is -2.19. The first-order valence-electron chi connectivity index (χ1n) is 5.59. The quantitative estimate of drug-likeness (QED) is 0.569. The van der Waals surface area contributed by atoms with Crippen molar-refractivity contribution in [3.63, 3.8) is 0 Å². The molecule has 0 heteroatoms. The molecular weight excluding hydrogens is 156 g/mol. The molecule has 1 aliphatic carbocycles. The zero-order valence-electron chi connectivity index (χ0n) is 10.0. The molecule has 76 valence electrons. The van der Waals surface area contributed by atoms with Gasteiger partial charge in [0.1, 0.15) is 0 Å². The molecule has 1 saturated carbocycles. The molecule has 0 spiro atoms. The van der Waals surface area contributed by atoms with Crippen molar-refractivity contribution in [2.75, 3.05) is 0 Å². The van der Waals surface area contributed by atoms with E-state index in [1.807, 2.05) is 0 Å². The SMILES string of the molecule is CCC=CC1(C)C(C)C1(C)C(C)C. The lowest BCUT2D eigenvalue weighted by Crippen LogP contribution is -2.12. The van der Waals surface area contributed by atoms with Crippen LogP contribution in [0.5, 0.6) is 0 Å². The van der Waals surface area contributed by atoms with Crippen LogP contribution in [0, 0.1) is 22.7 Å². The molecule has 0 aromatic carbocycles. The average Bonchev–Trinajstić information content (AvgIpc) is 2.51. The van der Waals surface area contributed by atoms with Crippen molar-refractivity contribution >= 4 is 0 Å². The van der Waals surface area contributed by atoms with Gasteiger partial charge in [0.2, 0.25) is 0 Å². The molecular formula is C13H24. The topological polar surface area (TPSA) is 0 Å². The maximum Gasteiger partial charge on any atom is -0.00563 e. The van der Waals surface area contributed by atoms with Crippen LogP contribution in [0.3, 0.4) is 0 Å². The summed E-state index contributed by atoms with van der Waals surface area (Å²) in [6, 6.07) is 0. The molecule has 13 heavy (non-hydrogen) atoms. The van der Waals surface area contributed by atoms with E-state index in [0.717, 1.165) is 18.3 Å². The minimum atomic E-state index is 0.456. The lowest BCUT2D eigenvalue weighted by molar-refractivity contribution is 0.320.